The number of aromatic nitrogens is 2. The number of rotatable bonds is 7. The molecule has 2 aromatic heterocycles. The van der Waals surface area contributed by atoms with Crippen LogP contribution >= 0.6 is 0 Å². The Hall–Kier alpha value is -3.05. The van der Waals surface area contributed by atoms with Gasteiger partial charge in [0.05, 0.1) is 11.1 Å². The molecule has 33 heavy (non-hydrogen) atoms. The fourth-order valence-electron chi connectivity index (χ4n) is 4.95. The summed E-state index contributed by atoms with van der Waals surface area (Å²) in [5.41, 5.74) is 5.04. The molecular formula is C28H34N4O. The molecular weight excluding hydrogens is 408 g/mol. The van der Waals surface area contributed by atoms with E-state index in [1.165, 1.54) is 5.56 Å². The van der Waals surface area contributed by atoms with Gasteiger partial charge in [0.2, 0.25) is 5.91 Å². The zero-order valence-corrected chi connectivity index (χ0v) is 19.9. The van der Waals surface area contributed by atoms with Crippen LogP contribution in [0.3, 0.4) is 0 Å². The molecule has 172 valence electrons. The van der Waals surface area contributed by atoms with Gasteiger partial charge in [0.15, 0.2) is 0 Å². The Balaban J connectivity index is 1.65. The Labute approximate surface area is 197 Å². The molecule has 1 amide bonds. The average molecular weight is 443 g/mol. The van der Waals surface area contributed by atoms with Crippen molar-refractivity contribution in [2.24, 2.45) is 5.41 Å². The molecule has 3 heterocycles. The first-order chi connectivity index (χ1) is 15.9. The summed E-state index contributed by atoms with van der Waals surface area (Å²) >= 11 is 0. The van der Waals surface area contributed by atoms with Gasteiger partial charge >= 0.3 is 0 Å². The third kappa shape index (κ3) is 5.66. The first-order valence-electron chi connectivity index (χ1n) is 11.9. The Kier molecular flexibility index (Phi) is 7.19. The van der Waals surface area contributed by atoms with Crippen LogP contribution in [0.25, 0.3) is 11.1 Å². The van der Waals surface area contributed by atoms with E-state index in [2.05, 4.69) is 57.7 Å². The number of nitrogens with one attached hydrogen (secondary N) is 1. The van der Waals surface area contributed by atoms with E-state index < -0.39 is 5.41 Å². The summed E-state index contributed by atoms with van der Waals surface area (Å²) in [6.45, 7) is 8.57. The SMILES string of the molecule is Cc1cccc(CN2CCC[C@@](Cc3ccccc3-c3cccnc3)(C(=O)NC(C)C)C2)n1. The molecule has 1 aliphatic heterocycles. The number of aryl methyl sites for hydroxylation is 1. The molecule has 1 saturated heterocycles. The molecule has 1 N–H and O–H groups in total. The van der Waals surface area contributed by atoms with Crippen molar-refractivity contribution in [3.63, 3.8) is 0 Å². The number of hydrogen-bond donors (Lipinski definition) is 1. The smallest absolute Gasteiger partial charge is 0.228 e. The Bertz CT molecular complexity index is 1080. The number of carbonyl (C=O) groups is 1. The number of hydrogen-bond acceptors (Lipinski definition) is 4. The average Bonchev–Trinajstić information content (AvgIpc) is 2.80. The Morgan fingerprint density at radius 3 is 2.73 bits per heavy atom. The van der Waals surface area contributed by atoms with Crippen LogP contribution in [0.15, 0.2) is 67.0 Å². The van der Waals surface area contributed by atoms with Crippen LogP contribution in [0, 0.1) is 12.3 Å². The Morgan fingerprint density at radius 2 is 1.97 bits per heavy atom. The molecule has 0 spiro atoms. The number of piperidine rings is 1. The van der Waals surface area contributed by atoms with E-state index in [-0.39, 0.29) is 11.9 Å². The summed E-state index contributed by atoms with van der Waals surface area (Å²) in [4.78, 5) is 25.1. The van der Waals surface area contributed by atoms with Crippen LogP contribution < -0.4 is 5.32 Å². The summed E-state index contributed by atoms with van der Waals surface area (Å²) in [6, 6.07) is 18.7. The normalized spacial score (nSPS) is 18.9. The quantitative estimate of drug-likeness (QED) is 0.571. The molecule has 5 nitrogen and oxygen atoms in total. The maximum atomic E-state index is 13.7. The van der Waals surface area contributed by atoms with Gasteiger partial charge in [0.25, 0.3) is 0 Å². The second kappa shape index (κ2) is 10.3. The summed E-state index contributed by atoms with van der Waals surface area (Å²) < 4.78 is 0. The van der Waals surface area contributed by atoms with Crippen molar-refractivity contribution in [1.82, 2.24) is 20.2 Å². The molecule has 0 radical (unpaired) electrons. The zero-order chi connectivity index (χ0) is 23.3. The van der Waals surface area contributed by atoms with Crippen molar-refractivity contribution in [1.29, 1.82) is 0 Å². The summed E-state index contributed by atoms with van der Waals surface area (Å²) in [5, 5.41) is 3.23. The third-order valence-corrected chi connectivity index (χ3v) is 6.41. The predicted octanol–water partition coefficient (Wildman–Crippen LogP) is 4.80. The van der Waals surface area contributed by atoms with Crippen molar-refractivity contribution in [3.05, 3.63) is 83.9 Å². The fraction of sp³-hybridized carbons (Fsp3) is 0.393. The van der Waals surface area contributed by atoms with E-state index in [1.807, 2.05) is 39.1 Å². The number of benzene rings is 1. The minimum Gasteiger partial charge on any atom is -0.353 e. The van der Waals surface area contributed by atoms with Gasteiger partial charge < -0.3 is 5.32 Å². The highest BCUT2D eigenvalue weighted by molar-refractivity contribution is 5.84. The molecule has 0 unspecified atom stereocenters. The van der Waals surface area contributed by atoms with Crippen LogP contribution in [0.5, 0.6) is 0 Å². The maximum absolute atomic E-state index is 13.7. The minimum atomic E-state index is -0.481. The molecule has 0 bridgehead atoms. The molecule has 1 aliphatic rings. The lowest BCUT2D eigenvalue weighted by Gasteiger charge is -2.42. The molecule has 5 heteroatoms. The maximum Gasteiger partial charge on any atom is 0.228 e. The molecule has 4 rings (SSSR count). The van der Waals surface area contributed by atoms with E-state index in [0.29, 0.717) is 6.42 Å². The summed E-state index contributed by atoms with van der Waals surface area (Å²) in [5.74, 6) is 0.153. The predicted molar refractivity (Wildman–Crippen MR) is 133 cm³/mol. The van der Waals surface area contributed by atoms with Crippen molar-refractivity contribution < 1.29 is 4.79 Å². The van der Waals surface area contributed by atoms with Crippen molar-refractivity contribution in [2.75, 3.05) is 13.1 Å². The van der Waals surface area contributed by atoms with Gasteiger partial charge in [-0.1, -0.05) is 36.4 Å². The van der Waals surface area contributed by atoms with Gasteiger partial charge in [-0.2, -0.15) is 0 Å². The number of pyridine rings is 2. The number of likely N-dealkylation sites (tertiary alicyclic amines) is 1. The number of carbonyl (C=O) groups excluding carboxylic acids is 1. The summed E-state index contributed by atoms with van der Waals surface area (Å²) in [6.07, 6.45) is 6.27. The lowest BCUT2D eigenvalue weighted by molar-refractivity contribution is -0.135. The molecule has 1 atom stereocenters. The molecule has 0 saturated carbocycles. The number of nitrogens with zero attached hydrogens (tertiary/aromatic N) is 3. The first kappa shape index (κ1) is 23.1. The van der Waals surface area contributed by atoms with Crippen LogP contribution in [-0.4, -0.2) is 39.9 Å². The lowest BCUT2D eigenvalue weighted by atomic mass is 9.73. The van der Waals surface area contributed by atoms with Gasteiger partial charge in [0, 0.05) is 42.8 Å². The van der Waals surface area contributed by atoms with Gasteiger partial charge in [-0.05, 0) is 75.9 Å². The third-order valence-electron chi connectivity index (χ3n) is 6.41. The van der Waals surface area contributed by atoms with E-state index in [4.69, 9.17) is 4.98 Å². The monoisotopic (exact) mass is 442 g/mol. The van der Waals surface area contributed by atoms with E-state index in [1.54, 1.807) is 6.20 Å². The van der Waals surface area contributed by atoms with E-state index >= 15 is 0 Å². The highest BCUT2D eigenvalue weighted by Crippen LogP contribution is 2.37. The second-order valence-corrected chi connectivity index (χ2v) is 9.57. The standard InChI is InChI=1S/C28H34N4O/c1-21(2)30-27(33)28(14-8-16-32(20-28)19-25-12-6-9-22(3)31-25)17-23-10-4-5-13-26(23)24-11-7-15-29-18-24/h4-7,9-13,15,18,21H,8,14,16-17,19-20H2,1-3H3,(H,30,33)/t28-/m0/s1. The van der Waals surface area contributed by atoms with Gasteiger partial charge in [0.1, 0.15) is 0 Å². The number of amides is 1. The van der Waals surface area contributed by atoms with Crippen LogP contribution in [-0.2, 0) is 17.8 Å². The topological polar surface area (TPSA) is 58.1 Å². The van der Waals surface area contributed by atoms with E-state index in [9.17, 15) is 4.79 Å². The second-order valence-electron chi connectivity index (χ2n) is 9.57. The molecule has 3 aromatic rings. The fourth-order valence-corrected chi connectivity index (χ4v) is 4.95. The molecule has 1 fully saturated rings. The lowest BCUT2D eigenvalue weighted by Crippen LogP contribution is -2.54. The van der Waals surface area contributed by atoms with Crippen molar-refractivity contribution in [3.8, 4) is 11.1 Å². The van der Waals surface area contributed by atoms with Gasteiger partial charge in [-0.25, -0.2) is 0 Å². The highest BCUT2D eigenvalue weighted by Gasteiger charge is 2.42. The van der Waals surface area contributed by atoms with E-state index in [0.717, 1.165) is 55.0 Å². The summed E-state index contributed by atoms with van der Waals surface area (Å²) in [7, 11) is 0. The Morgan fingerprint density at radius 1 is 1.12 bits per heavy atom. The van der Waals surface area contributed by atoms with Crippen LogP contribution in [0.2, 0.25) is 0 Å². The van der Waals surface area contributed by atoms with Crippen LogP contribution in [0.4, 0.5) is 0 Å². The largest absolute Gasteiger partial charge is 0.353 e. The minimum absolute atomic E-state index is 0.108. The zero-order valence-electron chi connectivity index (χ0n) is 19.9. The van der Waals surface area contributed by atoms with Crippen molar-refractivity contribution in [2.45, 2.75) is 52.6 Å². The van der Waals surface area contributed by atoms with Gasteiger partial charge in [-0.3, -0.25) is 19.7 Å². The van der Waals surface area contributed by atoms with Crippen LogP contribution in [0.1, 0.15) is 43.6 Å². The first-order valence-corrected chi connectivity index (χ1v) is 11.9. The molecule has 0 aliphatic carbocycles. The highest BCUT2D eigenvalue weighted by atomic mass is 16.2. The van der Waals surface area contributed by atoms with Gasteiger partial charge in [-0.15, -0.1) is 0 Å². The van der Waals surface area contributed by atoms with Crippen molar-refractivity contribution >= 4 is 5.91 Å². The molecule has 1 aromatic carbocycles.